The molecule has 0 aliphatic heterocycles. The minimum atomic E-state index is 0.766. The summed E-state index contributed by atoms with van der Waals surface area (Å²) in [5, 5.41) is 1.24. The molecule has 2 aromatic carbocycles. The molecule has 0 spiro atoms. The molecule has 4 nitrogen and oxygen atoms in total. The van der Waals surface area contributed by atoms with E-state index in [-0.39, 0.29) is 0 Å². The first-order chi connectivity index (χ1) is 13.6. The summed E-state index contributed by atoms with van der Waals surface area (Å²) < 4.78 is 13.1. The number of aromatic nitrogens is 2. The van der Waals surface area contributed by atoms with Crippen LogP contribution >= 0.6 is 0 Å². The summed E-state index contributed by atoms with van der Waals surface area (Å²) in [4.78, 5) is 4.74. The lowest BCUT2D eigenvalue weighted by Crippen LogP contribution is -2.03. The molecule has 28 heavy (non-hydrogen) atoms. The summed E-state index contributed by atoms with van der Waals surface area (Å²) in [6.07, 6.45) is 1.89. The molecule has 142 valence electrons. The molecule has 0 N–H and O–H groups in total. The molecule has 2 aromatic heterocycles. The van der Waals surface area contributed by atoms with E-state index in [1.165, 1.54) is 22.2 Å². The summed E-state index contributed by atoms with van der Waals surface area (Å²) in [5.74, 6) is 1.71. The molecule has 4 rings (SSSR count). The predicted octanol–water partition coefficient (Wildman–Crippen LogP) is 5.39. The maximum absolute atomic E-state index is 5.40. The zero-order valence-electron chi connectivity index (χ0n) is 16.7. The molecule has 0 aliphatic rings. The van der Waals surface area contributed by atoms with E-state index in [4.69, 9.17) is 14.5 Å². The number of rotatable bonds is 5. The molecule has 0 saturated carbocycles. The number of benzene rings is 2. The molecule has 0 radical (unpaired) electrons. The van der Waals surface area contributed by atoms with E-state index < -0.39 is 0 Å². The van der Waals surface area contributed by atoms with Gasteiger partial charge in [0.05, 0.1) is 25.4 Å². The Morgan fingerprint density at radius 1 is 0.893 bits per heavy atom. The van der Waals surface area contributed by atoms with Crippen molar-refractivity contribution in [3.63, 3.8) is 0 Å². The van der Waals surface area contributed by atoms with Crippen LogP contribution in [-0.2, 0) is 6.54 Å². The van der Waals surface area contributed by atoms with Crippen LogP contribution in [0.5, 0.6) is 11.5 Å². The van der Waals surface area contributed by atoms with Gasteiger partial charge in [-0.05, 0) is 67.4 Å². The van der Waals surface area contributed by atoms with Gasteiger partial charge in [0.25, 0.3) is 0 Å². The van der Waals surface area contributed by atoms with Crippen molar-refractivity contribution in [2.24, 2.45) is 0 Å². The Kier molecular flexibility index (Phi) is 4.78. The van der Waals surface area contributed by atoms with Gasteiger partial charge in [-0.25, -0.2) is 0 Å². The zero-order valence-corrected chi connectivity index (χ0v) is 16.7. The number of ether oxygens (including phenoxy) is 2. The first-order valence-electron chi connectivity index (χ1n) is 9.34. The zero-order chi connectivity index (χ0) is 19.7. The predicted molar refractivity (Wildman–Crippen MR) is 113 cm³/mol. The quantitative estimate of drug-likeness (QED) is 0.471. The molecule has 0 fully saturated rings. The first-order valence-corrected chi connectivity index (χ1v) is 9.34. The molecule has 0 bridgehead atoms. The van der Waals surface area contributed by atoms with Crippen LogP contribution in [0.1, 0.15) is 16.8 Å². The van der Waals surface area contributed by atoms with Gasteiger partial charge in [0, 0.05) is 29.4 Å². The Morgan fingerprint density at radius 3 is 2.36 bits per heavy atom. The second-order valence-corrected chi connectivity index (χ2v) is 6.93. The molecule has 0 atom stereocenters. The van der Waals surface area contributed by atoms with Crippen LogP contribution in [0.25, 0.3) is 22.2 Å². The van der Waals surface area contributed by atoms with Crippen LogP contribution < -0.4 is 9.47 Å². The third-order valence-corrected chi connectivity index (χ3v) is 5.38. The number of fused-ring (bicyclic) bond motifs is 1. The van der Waals surface area contributed by atoms with Gasteiger partial charge in [-0.3, -0.25) is 4.98 Å². The van der Waals surface area contributed by atoms with Crippen molar-refractivity contribution in [1.29, 1.82) is 0 Å². The fraction of sp³-hybridized carbons (Fsp3) is 0.208. The Bertz CT molecular complexity index is 1130. The second kappa shape index (κ2) is 7.39. The van der Waals surface area contributed by atoms with E-state index in [1.54, 1.807) is 14.2 Å². The van der Waals surface area contributed by atoms with Crippen molar-refractivity contribution in [3.8, 4) is 22.8 Å². The minimum Gasteiger partial charge on any atom is -0.497 e. The van der Waals surface area contributed by atoms with Crippen molar-refractivity contribution in [3.05, 3.63) is 77.6 Å². The minimum absolute atomic E-state index is 0.766. The lowest BCUT2D eigenvalue weighted by molar-refractivity contribution is 0.414. The number of aryl methyl sites for hydroxylation is 1. The van der Waals surface area contributed by atoms with Crippen LogP contribution in [0, 0.1) is 13.8 Å². The van der Waals surface area contributed by atoms with Crippen molar-refractivity contribution in [1.82, 2.24) is 9.55 Å². The smallest absolute Gasteiger partial charge is 0.119 e. The van der Waals surface area contributed by atoms with Crippen LogP contribution in [0.15, 0.2) is 60.8 Å². The van der Waals surface area contributed by atoms with Crippen LogP contribution in [0.2, 0.25) is 0 Å². The van der Waals surface area contributed by atoms with Gasteiger partial charge in [0.15, 0.2) is 0 Å². The van der Waals surface area contributed by atoms with E-state index in [1.807, 2.05) is 30.5 Å². The molecule has 0 saturated heterocycles. The monoisotopic (exact) mass is 372 g/mol. The fourth-order valence-corrected chi connectivity index (χ4v) is 3.71. The highest BCUT2D eigenvalue weighted by Gasteiger charge is 2.17. The first kappa shape index (κ1) is 18.1. The molecule has 0 unspecified atom stereocenters. The summed E-state index contributed by atoms with van der Waals surface area (Å²) >= 11 is 0. The van der Waals surface area contributed by atoms with Gasteiger partial charge in [-0.1, -0.05) is 12.1 Å². The third-order valence-electron chi connectivity index (χ3n) is 5.38. The molecule has 2 heterocycles. The Balaban J connectivity index is 1.89. The average molecular weight is 372 g/mol. The molecule has 4 heteroatoms. The normalized spacial score (nSPS) is 11.0. The van der Waals surface area contributed by atoms with Gasteiger partial charge in [-0.15, -0.1) is 0 Å². The Labute approximate surface area is 165 Å². The number of hydrogen-bond acceptors (Lipinski definition) is 3. The Hall–Kier alpha value is -3.27. The van der Waals surface area contributed by atoms with E-state index >= 15 is 0 Å². The Morgan fingerprint density at radius 2 is 1.64 bits per heavy atom. The summed E-state index contributed by atoms with van der Waals surface area (Å²) in [5.41, 5.74) is 6.96. The van der Waals surface area contributed by atoms with Crippen LogP contribution in [-0.4, -0.2) is 23.8 Å². The fourth-order valence-electron chi connectivity index (χ4n) is 3.71. The van der Waals surface area contributed by atoms with E-state index in [9.17, 15) is 0 Å². The van der Waals surface area contributed by atoms with E-state index in [0.717, 1.165) is 34.8 Å². The van der Waals surface area contributed by atoms with Gasteiger partial charge < -0.3 is 14.0 Å². The van der Waals surface area contributed by atoms with Crippen LogP contribution in [0.3, 0.4) is 0 Å². The van der Waals surface area contributed by atoms with Crippen LogP contribution in [0.4, 0.5) is 0 Å². The van der Waals surface area contributed by atoms with Gasteiger partial charge in [-0.2, -0.15) is 0 Å². The number of nitrogens with zero attached hydrogens (tertiary/aromatic N) is 2. The van der Waals surface area contributed by atoms with Gasteiger partial charge in [0.1, 0.15) is 11.5 Å². The highest BCUT2D eigenvalue weighted by Crippen LogP contribution is 2.33. The molecule has 4 aromatic rings. The van der Waals surface area contributed by atoms with Crippen molar-refractivity contribution in [2.75, 3.05) is 14.2 Å². The number of methoxy groups -OCH3 is 2. The average Bonchev–Trinajstić information content (AvgIpc) is 2.99. The van der Waals surface area contributed by atoms with Gasteiger partial charge in [0.2, 0.25) is 0 Å². The standard InChI is InChI=1S/C24H24N2O2/c1-16-17(2)26(15-18-6-5-7-21(14-18)28-4)24-22(16)12-13-25-23(24)19-8-10-20(27-3)11-9-19/h5-14H,15H2,1-4H3. The molecular weight excluding hydrogens is 348 g/mol. The maximum atomic E-state index is 5.40. The topological polar surface area (TPSA) is 36.3 Å². The van der Waals surface area contributed by atoms with Crippen molar-refractivity contribution in [2.45, 2.75) is 20.4 Å². The highest BCUT2D eigenvalue weighted by molar-refractivity contribution is 5.95. The molecular formula is C24H24N2O2. The van der Waals surface area contributed by atoms with E-state index in [2.05, 4.69) is 48.7 Å². The summed E-state index contributed by atoms with van der Waals surface area (Å²) in [7, 11) is 3.38. The molecule has 0 amide bonds. The maximum Gasteiger partial charge on any atom is 0.119 e. The second-order valence-electron chi connectivity index (χ2n) is 6.93. The summed E-state index contributed by atoms with van der Waals surface area (Å²) in [6, 6.07) is 18.4. The van der Waals surface area contributed by atoms with Gasteiger partial charge >= 0.3 is 0 Å². The van der Waals surface area contributed by atoms with Crippen molar-refractivity contribution < 1.29 is 9.47 Å². The van der Waals surface area contributed by atoms with E-state index in [0.29, 0.717) is 0 Å². The SMILES string of the molecule is COc1ccc(-c2nccc3c(C)c(C)n(Cc4cccc(OC)c4)c23)cc1. The van der Waals surface area contributed by atoms with Crippen molar-refractivity contribution >= 4 is 10.9 Å². The molecule has 0 aliphatic carbocycles. The third kappa shape index (κ3) is 3.11. The largest absolute Gasteiger partial charge is 0.497 e. The lowest BCUT2D eigenvalue weighted by Gasteiger charge is -2.13. The number of pyridine rings is 1. The highest BCUT2D eigenvalue weighted by atomic mass is 16.5. The number of hydrogen-bond donors (Lipinski definition) is 0. The lowest BCUT2D eigenvalue weighted by atomic mass is 10.1. The summed E-state index contributed by atoms with van der Waals surface area (Å²) in [6.45, 7) is 5.12.